The summed E-state index contributed by atoms with van der Waals surface area (Å²) in [5.74, 6) is 0.902. The third kappa shape index (κ3) is 4.80. The van der Waals surface area contributed by atoms with Crippen molar-refractivity contribution in [2.24, 2.45) is 7.05 Å². The number of rotatable bonds is 7. The summed E-state index contributed by atoms with van der Waals surface area (Å²) >= 11 is 2.59. The molecule has 1 atom stereocenters. The number of nitro benzene ring substituents is 1. The molecule has 3 aromatic rings. The van der Waals surface area contributed by atoms with Crippen LogP contribution >= 0.6 is 23.1 Å². The number of non-ortho nitro benzene ring substituents is 1. The molecule has 1 N–H and O–H groups in total. The zero-order valence-corrected chi connectivity index (χ0v) is 18.0. The van der Waals surface area contributed by atoms with E-state index in [0.717, 1.165) is 5.82 Å². The zero-order chi connectivity index (χ0) is 21.1. The van der Waals surface area contributed by atoms with Crippen molar-refractivity contribution in [3.8, 4) is 11.3 Å². The molecule has 0 bridgehead atoms. The van der Waals surface area contributed by atoms with E-state index >= 15 is 0 Å². The summed E-state index contributed by atoms with van der Waals surface area (Å²) in [6.07, 6.45) is 0. The second-order valence-corrected chi connectivity index (χ2v) is 8.82. The van der Waals surface area contributed by atoms with Gasteiger partial charge in [-0.1, -0.05) is 37.7 Å². The first-order valence-corrected chi connectivity index (χ1v) is 10.6. The maximum atomic E-state index is 12.5. The summed E-state index contributed by atoms with van der Waals surface area (Å²) in [5.41, 5.74) is 1.19. The number of carbonyl (C=O) groups excluding carboxylic acids is 1. The molecule has 0 fully saturated rings. The molecule has 0 aliphatic rings. The van der Waals surface area contributed by atoms with Gasteiger partial charge in [-0.15, -0.1) is 21.5 Å². The molecular formula is C18H20N6O3S2. The number of carbonyl (C=O) groups is 1. The molecule has 3 rings (SSSR count). The van der Waals surface area contributed by atoms with E-state index in [1.807, 2.05) is 25.5 Å². The number of hydrogen-bond donors (Lipinski definition) is 1. The van der Waals surface area contributed by atoms with Crippen molar-refractivity contribution in [1.82, 2.24) is 19.7 Å². The number of nitrogens with one attached hydrogen (secondary N) is 1. The van der Waals surface area contributed by atoms with Crippen LogP contribution in [0.4, 0.5) is 10.8 Å². The molecule has 29 heavy (non-hydrogen) atoms. The van der Waals surface area contributed by atoms with Crippen LogP contribution in [0.25, 0.3) is 11.3 Å². The summed E-state index contributed by atoms with van der Waals surface area (Å²) in [7, 11) is 1.88. The molecule has 0 spiro atoms. The molecule has 1 aromatic carbocycles. The van der Waals surface area contributed by atoms with Crippen LogP contribution in [0.15, 0.2) is 34.8 Å². The summed E-state index contributed by atoms with van der Waals surface area (Å²) in [4.78, 5) is 27.4. The van der Waals surface area contributed by atoms with Crippen molar-refractivity contribution < 1.29 is 9.72 Å². The second-order valence-electron chi connectivity index (χ2n) is 6.65. The van der Waals surface area contributed by atoms with E-state index < -0.39 is 10.2 Å². The quantitative estimate of drug-likeness (QED) is 0.339. The zero-order valence-electron chi connectivity index (χ0n) is 16.3. The van der Waals surface area contributed by atoms with Crippen LogP contribution < -0.4 is 5.32 Å². The van der Waals surface area contributed by atoms with Gasteiger partial charge >= 0.3 is 0 Å². The van der Waals surface area contributed by atoms with E-state index in [4.69, 9.17) is 0 Å². The second kappa shape index (κ2) is 8.70. The van der Waals surface area contributed by atoms with Crippen LogP contribution in [-0.2, 0) is 11.8 Å². The highest BCUT2D eigenvalue weighted by Crippen LogP contribution is 2.29. The van der Waals surface area contributed by atoms with E-state index in [-0.39, 0.29) is 17.5 Å². The molecule has 9 nitrogen and oxygen atoms in total. The Labute approximate surface area is 175 Å². The Morgan fingerprint density at radius 3 is 2.72 bits per heavy atom. The maximum Gasteiger partial charge on any atom is 0.270 e. The van der Waals surface area contributed by atoms with Crippen LogP contribution in [-0.4, -0.2) is 35.8 Å². The third-order valence-electron chi connectivity index (χ3n) is 4.12. The first-order valence-electron chi connectivity index (χ1n) is 8.83. The fourth-order valence-corrected chi connectivity index (χ4v) is 4.14. The first kappa shape index (κ1) is 20.9. The van der Waals surface area contributed by atoms with E-state index in [9.17, 15) is 14.9 Å². The van der Waals surface area contributed by atoms with Gasteiger partial charge in [0.25, 0.3) is 5.69 Å². The van der Waals surface area contributed by atoms with Gasteiger partial charge in [-0.3, -0.25) is 14.9 Å². The number of nitrogens with zero attached hydrogens (tertiary/aromatic N) is 5. The highest BCUT2D eigenvalue weighted by atomic mass is 32.2. The Hall–Kier alpha value is -2.79. The number of anilines is 1. The minimum atomic E-state index is -0.450. The van der Waals surface area contributed by atoms with Crippen LogP contribution in [0.5, 0.6) is 0 Å². The van der Waals surface area contributed by atoms with Crippen molar-refractivity contribution >= 4 is 39.8 Å². The Balaban J connectivity index is 1.67. The number of benzene rings is 1. The normalized spacial score (nSPS) is 12.2. The molecule has 0 aliphatic heterocycles. The summed E-state index contributed by atoms with van der Waals surface area (Å²) in [5, 5.41) is 24.5. The van der Waals surface area contributed by atoms with Gasteiger partial charge in [0.2, 0.25) is 5.91 Å². The van der Waals surface area contributed by atoms with Gasteiger partial charge in [0.05, 0.1) is 15.9 Å². The van der Waals surface area contributed by atoms with Crippen LogP contribution in [0.3, 0.4) is 0 Å². The molecule has 11 heteroatoms. The van der Waals surface area contributed by atoms with Crippen molar-refractivity contribution in [2.45, 2.75) is 37.1 Å². The van der Waals surface area contributed by atoms with E-state index in [2.05, 4.69) is 20.5 Å². The monoisotopic (exact) mass is 432 g/mol. The Morgan fingerprint density at radius 2 is 2.07 bits per heavy atom. The number of nitro groups is 1. The lowest BCUT2D eigenvalue weighted by molar-refractivity contribution is -0.384. The number of thioether (sulfide) groups is 1. The SMILES string of the molecule is CC(Sc1nnc(C(C)C)n1C)C(=O)Nc1nc(-c2cccc([N+](=O)[O-])c2)cs1. The predicted octanol–water partition coefficient (Wildman–Crippen LogP) is 4.09. The smallest absolute Gasteiger partial charge is 0.270 e. The van der Waals surface area contributed by atoms with Crippen molar-refractivity contribution in [2.75, 3.05) is 5.32 Å². The van der Waals surface area contributed by atoms with E-state index in [1.165, 1.54) is 35.2 Å². The lowest BCUT2D eigenvalue weighted by Gasteiger charge is -2.10. The lowest BCUT2D eigenvalue weighted by atomic mass is 10.1. The van der Waals surface area contributed by atoms with Gasteiger partial charge in [0, 0.05) is 36.0 Å². The number of amides is 1. The summed E-state index contributed by atoms with van der Waals surface area (Å²) in [6.45, 7) is 5.87. The van der Waals surface area contributed by atoms with Gasteiger partial charge in [0.1, 0.15) is 5.82 Å². The minimum absolute atomic E-state index is 0.00412. The van der Waals surface area contributed by atoms with Gasteiger partial charge in [0.15, 0.2) is 10.3 Å². The van der Waals surface area contributed by atoms with Crippen molar-refractivity contribution in [3.63, 3.8) is 0 Å². The van der Waals surface area contributed by atoms with E-state index in [1.54, 1.807) is 24.4 Å². The number of aromatic nitrogens is 4. The molecule has 2 heterocycles. The van der Waals surface area contributed by atoms with Crippen molar-refractivity contribution in [1.29, 1.82) is 0 Å². The molecular weight excluding hydrogens is 412 g/mol. The summed E-state index contributed by atoms with van der Waals surface area (Å²) in [6, 6.07) is 6.23. The average molecular weight is 433 g/mol. The first-order chi connectivity index (χ1) is 13.8. The molecule has 0 aliphatic carbocycles. The van der Waals surface area contributed by atoms with Crippen LogP contribution in [0.2, 0.25) is 0 Å². The van der Waals surface area contributed by atoms with Crippen LogP contribution in [0, 0.1) is 10.1 Å². The molecule has 152 valence electrons. The Kier molecular flexibility index (Phi) is 6.28. The van der Waals surface area contributed by atoms with Gasteiger partial charge in [-0.25, -0.2) is 4.98 Å². The highest BCUT2D eigenvalue weighted by molar-refractivity contribution is 8.00. The molecule has 0 saturated carbocycles. The summed E-state index contributed by atoms with van der Waals surface area (Å²) < 4.78 is 1.89. The average Bonchev–Trinajstić information content (AvgIpc) is 3.29. The standard InChI is InChI=1S/C18H20N6O3S2/c1-10(2)15-21-22-18(23(15)4)29-11(3)16(25)20-17-19-14(9-28-17)12-6-5-7-13(8-12)24(26)27/h5-11H,1-4H3,(H,19,20,25). The van der Waals surface area contributed by atoms with Gasteiger partial charge in [-0.05, 0) is 6.92 Å². The predicted molar refractivity (Wildman–Crippen MR) is 113 cm³/mol. The van der Waals surface area contributed by atoms with Gasteiger partial charge in [-0.2, -0.15) is 0 Å². The largest absolute Gasteiger partial charge is 0.309 e. The fraction of sp³-hybridized carbons (Fsp3) is 0.333. The Bertz CT molecular complexity index is 1050. The lowest BCUT2D eigenvalue weighted by Crippen LogP contribution is -2.22. The molecule has 0 saturated heterocycles. The van der Waals surface area contributed by atoms with Crippen LogP contribution in [0.1, 0.15) is 32.5 Å². The minimum Gasteiger partial charge on any atom is -0.309 e. The number of thiazole rings is 1. The third-order valence-corrected chi connectivity index (χ3v) is 6.02. The highest BCUT2D eigenvalue weighted by Gasteiger charge is 2.21. The molecule has 2 aromatic heterocycles. The number of hydrogen-bond acceptors (Lipinski definition) is 8. The topological polar surface area (TPSA) is 116 Å². The van der Waals surface area contributed by atoms with Crippen molar-refractivity contribution in [3.05, 3.63) is 45.6 Å². The molecule has 1 unspecified atom stereocenters. The Morgan fingerprint density at radius 1 is 1.31 bits per heavy atom. The van der Waals surface area contributed by atoms with E-state index in [0.29, 0.717) is 21.5 Å². The maximum absolute atomic E-state index is 12.5. The molecule has 0 radical (unpaired) electrons. The van der Waals surface area contributed by atoms with Gasteiger partial charge < -0.3 is 9.88 Å². The molecule has 1 amide bonds. The fourth-order valence-electron chi connectivity index (χ4n) is 2.59.